The molecule has 3 amide bonds. The molecule has 1 aliphatic rings. The van der Waals surface area contributed by atoms with Crippen LogP contribution in [0.15, 0.2) is 55.1 Å². The van der Waals surface area contributed by atoms with Gasteiger partial charge in [-0.05, 0) is 11.6 Å². The van der Waals surface area contributed by atoms with Crippen LogP contribution in [-0.4, -0.2) is 56.8 Å². The zero-order valence-corrected chi connectivity index (χ0v) is 16.0. The first-order valence-corrected chi connectivity index (χ1v) is 8.99. The summed E-state index contributed by atoms with van der Waals surface area (Å²) in [6, 6.07) is 3.76. The van der Waals surface area contributed by atoms with Crippen molar-refractivity contribution >= 4 is 23.7 Å². The van der Waals surface area contributed by atoms with Crippen molar-refractivity contribution in [1.29, 1.82) is 0 Å². The summed E-state index contributed by atoms with van der Waals surface area (Å²) in [5, 5.41) is 14.1. The zero-order chi connectivity index (χ0) is 21.7. The fraction of sp³-hybridized carbons (Fsp3) is 0.200. The minimum absolute atomic E-state index is 0.399. The third-order valence-electron chi connectivity index (χ3n) is 4.45. The number of hydrogen-bond donors (Lipinski definition) is 3. The number of nitrogens with zero attached hydrogens (tertiary/aromatic N) is 3. The molecule has 0 aliphatic carbocycles. The number of nitrogens with one attached hydrogen (secondary N) is 2. The van der Waals surface area contributed by atoms with Gasteiger partial charge in [-0.15, -0.1) is 0 Å². The summed E-state index contributed by atoms with van der Waals surface area (Å²) in [5.74, 6) is -2.28. The third-order valence-corrected chi connectivity index (χ3v) is 4.45. The van der Waals surface area contributed by atoms with Crippen molar-refractivity contribution in [2.75, 3.05) is 7.05 Å². The zero-order valence-electron chi connectivity index (χ0n) is 16.0. The van der Waals surface area contributed by atoms with Crippen LogP contribution >= 0.6 is 0 Å². The van der Waals surface area contributed by atoms with Gasteiger partial charge in [0.2, 0.25) is 0 Å². The lowest BCUT2D eigenvalue weighted by Crippen LogP contribution is -2.55. The molecule has 2 heterocycles. The van der Waals surface area contributed by atoms with Gasteiger partial charge in [-0.2, -0.15) is 0 Å². The topological polar surface area (TPSA) is 142 Å². The van der Waals surface area contributed by atoms with Gasteiger partial charge in [0.1, 0.15) is 0 Å². The second kappa shape index (κ2) is 8.95. The summed E-state index contributed by atoms with van der Waals surface area (Å²) in [5.41, 5.74) is 1.81. The lowest BCUT2D eigenvalue weighted by Gasteiger charge is -2.25. The third kappa shape index (κ3) is 4.85. The Bertz CT molecular complexity index is 1010. The van der Waals surface area contributed by atoms with Crippen molar-refractivity contribution in [3.63, 3.8) is 0 Å². The highest BCUT2D eigenvalue weighted by atomic mass is 16.4. The highest BCUT2D eigenvalue weighted by Crippen LogP contribution is 2.23. The number of carboxylic acids is 1. The van der Waals surface area contributed by atoms with Crippen LogP contribution in [0.5, 0.6) is 0 Å². The molecule has 0 fully saturated rings. The van der Waals surface area contributed by atoms with Crippen molar-refractivity contribution in [3.8, 4) is 11.3 Å². The van der Waals surface area contributed by atoms with E-state index in [4.69, 9.17) is 0 Å². The van der Waals surface area contributed by atoms with Gasteiger partial charge < -0.3 is 20.6 Å². The van der Waals surface area contributed by atoms with Crippen LogP contribution in [0, 0.1) is 0 Å². The molecule has 154 valence electrons. The van der Waals surface area contributed by atoms with Crippen LogP contribution in [0.3, 0.4) is 0 Å². The molecule has 1 aliphatic heterocycles. The van der Waals surface area contributed by atoms with Gasteiger partial charge in [0, 0.05) is 37.3 Å². The summed E-state index contributed by atoms with van der Waals surface area (Å²) in [7, 11) is 1.46. The van der Waals surface area contributed by atoms with E-state index in [1.807, 2.05) is 0 Å². The first-order chi connectivity index (χ1) is 14.3. The molecule has 0 saturated carbocycles. The average molecular weight is 409 g/mol. The van der Waals surface area contributed by atoms with Crippen LogP contribution in [0.25, 0.3) is 11.3 Å². The number of carbonyl (C=O) groups excluding carboxylic acids is 3. The maximum absolute atomic E-state index is 12.4. The summed E-state index contributed by atoms with van der Waals surface area (Å²) in [6.07, 6.45) is 6.73. The van der Waals surface area contributed by atoms with Gasteiger partial charge in [-0.3, -0.25) is 24.4 Å². The standard InChI is InChI=1S/C20H19N5O5/c1-25-8-5-16(26)18(19(25)29)24-20(30)23-14(10-17(27)28)12-3-2-4-13(9-12)15-11-21-6-7-22-15/h2-9,11,14,18H,10H2,1H3,(H,27,28)(H2,23,24,30). The largest absolute Gasteiger partial charge is 0.481 e. The number of aliphatic carboxylic acids is 1. The van der Waals surface area contributed by atoms with Crippen LogP contribution in [0.1, 0.15) is 18.0 Å². The van der Waals surface area contributed by atoms with Gasteiger partial charge in [0.15, 0.2) is 11.8 Å². The maximum atomic E-state index is 12.4. The van der Waals surface area contributed by atoms with E-state index in [0.717, 1.165) is 0 Å². The number of carbonyl (C=O) groups is 4. The molecule has 3 rings (SSSR count). The van der Waals surface area contributed by atoms with Crippen LogP contribution in [0.4, 0.5) is 4.79 Å². The molecule has 2 unspecified atom stereocenters. The number of amides is 3. The van der Waals surface area contributed by atoms with E-state index in [9.17, 15) is 24.3 Å². The van der Waals surface area contributed by atoms with Crippen LogP contribution in [-0.2, 0) is 14.4 Å². The van der Waals surface area contributed by atoms with E-state index in [2.05, 4.69) is 20.6 Å². The number of aromatic nitrogens is 2. The smallest absolute Gasteiger partial charge is 0.316 e. The first-order valence-electron chi connectivity index (χ1n) is 8.99. The molecule has 2 aromatic rings. The number of urea groups is 1. The Labute approximate surface area is 171 Å². The number of hydrogen-bond acceptors (Lipinski definition) is 6. The van der Waals surface area contributed by atoms with E-state index in [-0.39, 0.29) is 0 Å². The molecule has 30 heavy (non-hydrogen) atoms. The van der Waals surface area contributed by atoms with Crippen molar-refractivity contribution in [2.45, 2.75) is 18.5 Å². The lowest BCUT2D eigenvalue weighted by atomic mass is 10.00. The molecular weight excluding hydrogens is 390 g/mol. The highest BCUT2D eigenvalue weighted by molar-refractivity contribution is 6.14. The van der Waals surface area contributed by atoms with Crippen molar-refractivity contribution in [1.82, 2.24) is 25.5 Å². The fourth-order valence-corrected chi connectivity index (χ4v) is 2.93. The monoisotopic (exact) mass is 409 g/mol. The second-order valence-corrected chi connectivity index (χ2v) is 6.58. The van der Waals surface area contributed by atoms with E-state index in [1.165, 1.54) is 36.6 Å². The summed E-state index contributed by atoms with van der Waals surface area (Å²) < 4.78 is 0. The van der Waals surface area contributed by atoms with Crippen LogP contribution < -0.4 is 10.6 Å². The van der Waals surface area contributed by atoms with Crippen molar-refractivity contribution in [3.05, 3.63) is 60.7 Å². The van der Waals surface area contributed by atoms with Gasteiger partial charge in [0.25, 0.3) is 5.91 Å². The Balaban J connectivity index is 1.79. The minimum Gasteiger partial charge on any atom is -0.481 e. The van der Waals surface area contributed by atoms with E-state index >= 15 is 0 Å². The number of carboxylic acid groups (broad SMARTS) is 1. The molecule has 0 spiro atoms. The fourth-order valence-electron chi connectivity index (χ4n) is 2.93. The highest BCUT2D eigenvalue weighted by Gasteiger charge is 2.32. The van der Waals surface area contributed by atoms with Gasteiger partial charge in [-0.25, -0.2) is 4.79 Å². The number of rotatable bonds is 6. The predicted octanol–water partition coefficient (Wildman–Crippen LogP) is 0.882. The molecule has 2 atom stereocenters. The Morgan fingerprint density at radius 1 is 1.27 bits per heavy atom. The lowest BCUT2D eigenvalue weighted by molar-refractivity contribution is -0.138. The molecule has 10 heteroatoms. The molecule has 1 aromatic carbocycles. The molecule has 10 nitrogen and oxygen atoms in total. The quantitative estimate of drug-likeness (QED) is 0.601. The summed E-state index contributed by atoms with van der Waals surface area (Å²) in [4.78, 5) is 57.2. The Kier molecular flexibility index (Phi) is 6.16. The molecule has 0 bridgehead atoms. The number of benzene rings is 1. The molecular formula is C20H19N5O5. The molecule has 1 aromatic heterocycles. The predicted molar refractivity (Wildman–Crippen MR) is 105 cm³/mol. The van der Waals surface area contributed by atoms with E-state index in [1.54, 1.807) is 30.5 Å². The average Bonchev–Trinajstić information content (AvgIpc) is 2.74. The Morgan fingerprint density at radius 3 is 2.77 bits per heavy atom. The second-order valence-electron chi connectivity index (χ2n) is 6.58. The van der Waals surface area contributed by atoms with E-state index < -0.39 is 42.2 Å². The Morgan fingerprint density at radius 2 is 2.07 bits per heavy atom. The van der Waals surface area contributed by atoms with Crippen LogP contribution in [0.2, 0.25) is 0 Å². The minimum atomic E-state index is -1.36. The first kappa shape index (κ1) is 20.6. The normalized spacial score (nSPS) is 16.8. The van der Waals surface area contributed by atoms with Crippen molar-refractivity contribution in [2.24, 2.45) is 0 Å². The maximum Gasteiger partial charge on any atom is 0.316 e. The SMILES string of the molecule is CN1C=CC(=O)C(NC(=O)NC(CC(=O)O)c2cccc(-c3cnccn3)c2)C1=O. The van der Waals surface area contributed by atoms with Gasteiger partial charge in [-0.1, -0.05) is 18.2 Å². The van der Waals surface area contributed by atoms with Crippen molar-refractivity contribution < 1.29 is 24.3 Å². The molecule has 0 radical (unpaired) electrons. The van der Waals surface area contributed by atoms with Gasteiger partial charge in [0.05, 0.1) is 24.4 Å². The van der Waals surface area contributed by atoms with Gasteiger partial charge >= 0.3 is 12.0 Å². The number of likely N-dealkylation sites (N-methyl/N-ethyl adjacent to an activating group) is 1. The van der Waals surface area contributed by atoms with E-state index in [0.29, 0.717) is 16.8 Å². The number of ketones is 1. The molecule has 0 saturated heterocycles. The summed E-state index contributed by atoms with van der Waals surface area (Å²) >= 11 is 0. The molecule has 3 N–H and O–H groups in total. The summed E-state index contributed by atoms with van der Waals surface area (Å²) in [6.45, 7) is 0. The Hall–Kier alpha value is -4.08.